The summed E-state index contributed by atoms with van der Waals surface area (Å²) in [6.45, 7) is 0. The molecule has 0 N–H and O–H groups in total. The Hall–Kier alpha value is -0.490. The molecule has 0 aliphatic carbocycles. The standard InChI is InChI=1S/C4H3F7/c5-1(2(6)7)4(10,11)3(8)9/h1-3H. The Kier molecular flexibility index (Phi) is 3.13. The van der Waals surface area contributed by atoms with Gasteiger partial charge in [0.1, 0.15) is 0 Å². The lowest BCUT2D eigenvalue weighted by molar-refractivity contribution is -0.199. The van der Waals surface area contributed by atoms with Gasteiger partial charge in [-0.15, -0.1) is 0 Å². The molecule has 11 heavy (non-hydrogen) atoms. The van der Waals surface area contributed by atoms with Crippen molar-refractivity contribution >= 4 is 0 Å². The first-order valence-corrected chi connectivity index (χ1v) is 2.38. The summed E-state index contributed by atoms with van der Waals surface area (Å²) in [5.74, 6) is -5.27. The molecule has 0 rings (SSSR count). The van der Waals surface area contributed by atoms with Gasteiger partial charge in [-0.2, -0.15) is 8.78 Å². The van der Waals surface area contributed by atoms with Crippen LogP contribution in [0.4, 0.5) is 30.7 Å². The minimum absolute atomic E-state index is 4.10. The molecule has 0 spiro atoms. The maximum Gasteiger partial charge on any atom is 0.343 e. The smallest absolute Gasteiger partial charge is 0.234 e. The number of halogens is 7. The topological polar surface area (TPSA) is 0 Å². The highest BCUT2D eigenvalue weighted by Gasteiger charge is 2.53. The minimum Gasteiger partial charge on any atom is -0.234 e. The number of hydrogen-bond acceptors (Lipinski definition) is 0. The Labute approximate surface area is 57.0 Å². The van der Waals surface area contributed by atoms with Gasteiger partial charge in [-0.25, -0.2) is 22.0 Å². The van der Waals surface area contributed by atoms with Gasteiger partial charge in [0.15, 0.2) is 0 Å². The van der Waals surface area contributed by atoms with Gasteiger partial charge in [-0.05, 0) is 0 Å². The highest BCUT2D eigenvalue weighted by atomic mass is 19.3. The van der Waals surface area contributed by atoms with Crippen LogP contribution >= 0.6 is 0 Å². The lowest BCUT2D eigenvalue weighted by atomic mass is 10.2. The third-order valence-corrected chi connectivity index (χ3v) is 0.880. The van der Waals surface area contributed by atoms with E-state index in [1.807, 2.05) is 0 Å². The first kappa shape index (κ1) is 10.5. The summed E-state index contributed by atoms with van der Waals surface area (Å²) >= 11 is 0. The van der Waals surface area contributed by atoms with Crippen LogP contribution in [-0.2, 0) is 0 Å². The van der Waals surface area contributed by atoms with E-state index in [0.29, 0.717) is 0 Å². The summed E-state index contributed by atoms with van der Waals surface area (Å²) in [7, 11) is 0. The molecule has 0 aliphatic rings. The van der Waals surface area contributed by atoms with Crippen molar-refractivity contribution in [3.8, 4) is 0 Å². The van der Waals surface area contributed by atoms with Gasteiger partial charge in [-0.1, -0.05) is 0 Å². The van der Waals surface area contributed by atoms with Crippen molar-refractivity contribution in [3.05, 3.63) is 0 Å². The largest absolute Gasteiger partial charge is 0.343 e. The molecule has 0 bridgehead atoms. The molecule has 0 saturated heterocycles. The molecule has 0 heterocycles. The Morgan fingerprint density at radius 2 is 1.18 bits per heavy atom. The van der Waals surface area contributed by atoms with E-state index >= 15 is 0 Å². The maximum atomic E-state index is 11.6. The van der Waals surface area contributed by atoms with E-state index in [4.69, 9.17) is 0 Å². The lowest BCUT2D eigenvalue weighted by Crippen LogP contribution is -2.41. The van der Waals surface area contributed by atoms with Crippen LogP contribution < -0.4 is 0 Å². The summed E-state index contributed by atoms with van der Waals surface area (Å²) in [6.07, 6.45) is -12.6. The molecule has 0 aromatic carbocycles. The maximum absolute atomic E-state index is 11.6. The fourth-order valence-electron chi connectivity index (χ4n) is 0.288. The monoisotopic (exact) mass is 184 g/mol. The quantitative estimate of drug-likeness (QED) is 0.591. The molecule has 0 aromatic rings. The molecular weight excluding hydrogens is 181 g/mol. The van der Waals surface area contributed by atoms with Gasteiger partial charge >= 0.3 is 12.3 Å². The van der Waals surface area contributed by atoms with Crippen LogP contribution in [0.25, 0.3) is 0 Å². The normalized spacial score (nSPS) is 16.1. The van der Waals surface area contributed by atoms with E-state index in [2.05, 4.69) is 0 Å². The average molecular weight is 184 g/mol. The first-order chi connectivity index (χ1) is 4.80. The highest BCUT2D eigenvalue weighted by Crippen LogP contribution is 2.32. The number of hydrogen-bond donors (Lipinski definition) is 0. The number of rotatable bonds is 3. The lowest BCUT2D eigenvalue weighted by Gasteiger charge is -2.18. The second-order valence-electron chi connectivity index (χ2n) is 1.71. The molecule has 68 valence electrons. The van der Waals surface area contributed by atoms with Gasteiger partial charge in [0.05, 0.1) is 0 Å². The zero-order valence-electron chi connectivity index (χ0n) is 4.88. The van der Waals surface area contributed by atoms with Gasteiger partial charge in [0, 0.05) is 0 Å². The Bertz CT molecular complexity index is 120. The summed E-state index contributed by atoms with van der Waals surface area (Å²) in [5.41, 5.74) is 0. The molecule has 0 radical (unpaired) electrons. The van der Waals surface area contributed by atoms with Crippen molar-refractivity contribution in [2.45, 2.75) is 24.9 Å². The van der Waals surface area contributed by atoms with Crippen LogP contribution in [-0.4, -0.2) is 24.9 Å². The van der Waals surface area contributed by atoms with Gasteiger partial charge in [0.2, 0.25) is 6.17 Å². The predicted molar refractivity (Wildman–Crippen MR) is 21.9 cm³/mol. The van der Waals surface area contributed by atoms with Crippen molar-refractivity contribution in [1.82, 2.24) is 0 Å². The molecule has 1 unspecified atom stereocenters. The van der Waals surface area contributed by atoms with Crippen LogP contribution in [0.5, 0.6) is 0 Å². The van der Waals surface area contributed by atoms with E-state index in [9.17, 15) is 30.7 Å². The van der Waals surface area contributed by atoms with Crippen molar-refractivity contribution in [1.29, 1.82) is 0 Å². The van der Waals surface area contributed by atoms with E-state index in [-0.39, 0.29) is 0 Å². The van der Waals surface area contributed by atoms with E-state index in [1.54, 1.807) is 0 Å². The molecule has 1 atom stereocenters. The number of alkyl halides is 7. The second-order valence-corrected chi connectivity index (χ2v) is 1.71. The van der Waals surface area contributed by atoms with Gasteiger partial charge in [-0.3, -0.25) is 0 Å². The van der Waals surface area contributed by atoms with Crippen molar-refractivity contribution in [2.24, 2.45) is 0 Å². The molecule has 7 heteroatoms. The van der Waals surface area contributed by atoms with Crippen LogP contribution in [0, 0.1) is 0 Å². The van der Waals surface area contributed by atoms with Crippen LogP contribution in [0.2, 0.25) is 0 Å². The molecule has 0 aliphatic heterocycles. The molecule has 0 nitrogen and oxygen atoms in total. The van der Waals surface area contributed by atoms with Gasteiger partial charge < -0.3 is 0 Å². The summed E-state index contributed by atoms with van der Waals surface area (Å²) in [5, 5.41) is 0. The predicted octanol–water partition coefficient (Wildman–Crippen LogP) is 2.49. The Morgan fingerprint density at radius 1 is 0.818 bits per heavy atom. The molecular formula is C4H3F7. The summed E-state index contributed by atoms with van der Waals surface area (Å²) < 4.78 is 79.1. The molecule has 0 fully saturated rings. The van der Waals surface area contributed by atoms with E-state index < -0.39 is 24.9 Å². The van der Waals surface area contributed by atoms with Crippen LogP contribution in [0.3, 0.4) is 0 Å². The first-order valence-electron chi connectivity index (χ1n) is 2.38. The van der Waals surface area contributed by atoms with Crippen molar-refractivity contribution in [3.63, 3.8) is 0 Å². The summed E-state index contributed by atoms with van der Waals surface area (Å²) in [4.78, 5) is 0. The molecule has 0 amide bonds. The SMILES string of the molecule is FC(F)C(F)C(F)(F)C(F)F. The zero-order valence-corrected chi connectivity index (χ0v) is 4.88. The fraction of sp³-hybridized carbons (Fsp3) is 1.00. The van der Waals surface area contributed by atoms with Crippen molar-refractivity contribution < 1.29 is 30.7 Å². The summed E-state index contributed by atoms with van der Waals surface area (Å²) in [6, 6.07) is 0. The average Bonchev–Trinajstić information content (AvgIpc) is 1.85. The molecule has 0 saturated carbocycles. The van der Waals surface area contributed by atoms with Crippen LogP contribution in [0.1, 0.15) is 0 Å². The molecule has 0 aromatic heterocycles. The fourth-order valence-corrected chi connectivity index (χ4v) is 0.288. The van der Waals surface area contributed by atoms with Gasteiger partial charge in [0.25, 0.3) is 6.43 Å². The minimum atomic E-state index is -5.27. The third kappa shape index (κ3) is 2.23. The second kappa shape index (κ2) is 3.27. The van der Waals surface area contributed by atoms with E-state index in [0.717, 1.165) is 0 Å². The zero-order chi connectivity index (χ0) is 9.23. The Morgan fingerprint density at radius 3 is 1.27 bits per heavy atom. The van der Waals surface area contributed by atoms with E-state index in [1.165, 1.54) is 0 Å². The third-order valence-electron chi connectivity index (χ3n) is 0.880. The Balaban J connectivity index is 4.29. The van der Waals surface area contributed by atoms with Crippen molar-refractivity contribution in [2.75, 3.05) is 0 Å². The highest BCUT2D eigenvalue weighted by molar-refractivity contribution is 4.80. The van der Waals surface area contributed by atoms with Crippen LogP contribution in [0.15, 0.2) is 0 Å².